The average Bonchev–Trinajstić information content (AvgIpc) is 2.27. The highest BCUT2D eigenvalue weighted by molar-refractivity contribution is 5.79. The number of hydrogen-bond acceptors (Lipinski definition) is 2. The van der Waals surface area contributed by atoms with Gasteiger partial charge in [0.1, 0.15) is 12.4 Å². The van der Waals surface area contributed by atoms with Crippen molar-refractivity contribution in [3.05, 3.63) is 23.8 Å². The molecule has 1 amide bonds. The van der Waals surface area contributed by atoms with Gasteiger partial charge in [0.2, 0.25) is 6.41 Å². The summed E-state index contributed by atoms with van der Waals surface area (Å²) in [5.41, 5.74) is 2.11. The van der Waals surface area contributed by atoms with Gasteiger partial charge in [0, 0.05) is 0 Å². The molecule has 0 bridgehead atoms. The fraction of sp³-hybridized carbons (Fsp3) is 0.462. The van der Waals surface area contributed by atoms with Gasteiger partial charge in [0.05, 0.1) is 12.2 Å². The van der Waals surface area contributed by atoms with Crippen LogP contribution in [0, 0.1) is 0 Å². The zero-order valence-electron chi connectivity index (χ0n) is 9.06. The van der Waals surface area contributed by atoms with E-state index in [0.717, 1.165) is 17.8 Å². The summed E-state index contributed by atoms with van der Waals surface area (Å²) >= 11 is 0. The molecule has 0 atom stereocenters. The van der Waals surface area contributed by atoms with E-state index in [1.165, 1.54) is 5.56 Å². The molecule has 16 heavy (non-hydrogen) atoms. The number of ether oxygens (including phenoxy) is 1. The maximum Gasteiger partial charge on any atom is 0.214 e. The lowest BCUT2D eigenvalue weighted by Gasteiger charge is -2.26. The Hall–Kier alpha value is -1.51. The van der Waals surface area contributed by atoms with Crippen LogP contribution >= 0.6 is 0 Å². The van der Waals surface area contributed by atoms with Crippen LogP contribution in [0.5, 0.6) is 5.75 Å². The van der Waals surface area contributed by atoms with E-state index in [1.807, 2.05) is 12.1 Å². The van der Waals surface area contributed by atoms with Gasteiger partial charge < -0.3 is 9.64 Å². The summed E-state index contributed by atoms with van der Waals surface area (Å²) in [5.74, 6) is 1.30. The molecular weight excluding hydrogens is 202 g/mol. The Balaban J connectivity index is 0.00000128. The van der Waals surface area contributed by atoms with Gasteiger partial charge >= 0.3 is 0 Å². The third kappa shape index (κ3) is 2.18. The van der Waals surface area contributed by atoms with Gasteiger partial charge in [-0.25, -0.2) is 0 Å². The first-order chi connectivity index (χ1) is 7.22. The largest absolute Gasteiger partial charge is 0.490 e. The van der Waals surface area contributed by atoms with Gasteiger partial charge in [0.15, 0.2) is 0 Å². The molecular formula is C13H19NO2. The van der Waals surface area contributed by atoms with E-state index < -0.39 is 0 Å². The molecule has 0 N–H and O–H groups in total. The number of amides is 1. The second-order valence-corrected chi connectivity index (χ2v) is 4.03. The second kappa shape index (κ2) is 5.01. The predicted octanol–water partition coefficient (Wildman–Crippen LogP) is 2.80. The van der Waals surface area contributed by atoms with Crippen molar-refractivity contribution >= 4 is 12.1 Å². The summed E-state index contributed by atoms with van der Waals surface area (Å²) in [6.07, 6.45) is 0.858. The van der Waals surface area contributed by atoms with Crippen LogP contribution < -0.4 is 9.64 Å². The van der Waals surface area contributed by atoms with Crippen LogP contribution in [0.2, 0.25) is 0 Å². The molecule has 0 unspecified atom stereocenters. The van der Waals surface area contributed by atoms with Crippen LogP contribution in [0.25, 0.3) is 0 Å². The van der Waals surface area contributed by atoms with E-state index >= 15 is 0 Å². The molecule has 0 radical (unpaired) electrons. The van der Waals surface area contributed by atoms with Crippen molar-refractivity contribution < 1.29 is 9.53 Å². The third-order valence-corrected chi connectivity index (χ3v) is 2.68. The summed E-state index contributed by atoms with van der Waals surface area (Å²) in [6.45, 7) is 5.49. The van der Waals surface area contributed by atoms with Gasteiger partial charge in [-0.05, 0) is 23.6 Å². The first-order valence-electron chi connectivity index (χ1n) is 5.21. The van der Waals surface area contributed by atoms with Crippen molar-refractivity contribution in [2.24, 2.45) is 0 Å². The summed E-state index contributed by atoms with van der Waals surface area (Å²) in [6, 6.07) is 6.03. The zero-order valence-corrected chi connectivity index (χ0v) is 9.06. The lowest BCUT2D eigenvalue weighted by molar-refractivity contribution is -0.107. The number of nitrogens with zero attached hydrogens (tertiary/aromatic N) is 1. The van der Waals surface area contributed by atoms with Crippen molar-refractivity contribution in [1.82, 2.24) is 0 Å². The number of rotatable bonds is 2. The van der Waals surface area contributed by atoms with E-state index in [0.29, 0.717) is 19.1 Å². The highest BCUT2D eigenvalue weighted by Gasteiger charge is 2.17. The lowest BCUT2D eigenvalue weighted by atomic mass is 10.0. The van der Waals surface area contributed by atoms with Gasteiger partial charge in [-0.15, -0.1) is 0 Å². The topological polar surface area (TPSA) is 29.5 Å². The lowest BCUT2D eigenvalue weighted by Crippen LogP contribution is -2.31. The maximum atomic E-state index is 10.8. The summed E-state index contributed by atoms with van der Waals surface area (Å²) in [5, 5.41) is 0. The van der Waals surface area contributed by atoms with Gasteiger partial charge in [0.25, 0.3) is 0 Å². The fourth-order valence-corrected chi connectivity index (χ4v) is 1.73. The Labute approximate surface area is 97.0 Å². The van der Waals surface area contributed by atoms with Crippen molar-refractivity contribution in [2.75, 3.05) is 18.1 Å². The van der Waals surface area contributed by atoms with Crippen LogP contribution in [0.15, 0.2) is 18.2 Å². The third-order valence-electron chi connectivity index (χ3n) is 2.68. The van der Waals surface area contributed by atoms with Crippen LogP contribution in [-0.2, 0) is 4.79 Å². The predicted molar refractivity (Wildman–Crippen MR) is 66.2 cm³/mol. The number of anilines is 1. The van der Waals surface area contributed by atoms with E-state index in [2.05, 4.69) is 19.9 Å². The molecule has 0 aromatic heterocycles. The molecule has 0 spiro atoms. The molecule has 0 saturated heterocycles. The minimum atomic E-state index is 0. The van der Waals surface area contributed by atoms with Crippen molar-refractivity contribution in [1.29, 1.82) is 0 Å². The number of carbonyl (C=O) groups excluding carboxylic acids is 1. The standard InChI is InChI=1S/C12H15NO2.CH4/c1-9(2)10-3-4-11-12(7-10)15-6-5-13(11)8-14;/h3-4,7-9H,5-6H2,1-2H3;1H4. The van der Waals surface area contributed by atoms with Crippen molar-refractivity contribution in [3.8, 4) is 5.75 Å². The van der Waals surface area contributed by atoms with Crippen molar-refractivity contribution in [2.45, 2.75) is 27.2 Å². The Bertz CT molecular complexity index is 374. The number of hydrogen-bond donors (Lipinski definition) is 0. The molecule has 3 heteroatoms. The van der Waals surface area contributed by atoms with Gasteiger partial charge in [-0.1, -0.05) is 27.3 Å². The quantitative estimate of drug-likeness (QED) is 0.719. The molecule has 1 aliphatic rings. The van der Waals surface area contributed by atoms with Crippen LogP contribution in [0.3, 0.4) is 0 Å². The fourth-order valence-electron chi connectivity index (χ4n) is 1.73. The minimum Gasteiger partial charge on any atom is -0.490 e. The smallest absolute Gasteiger partial charge is 0.214 e. The Morgan fingerprint density at radius 1 is 1.44 bits per heavy atom. The summed E-state index contributed by atoms with van der Waals surface area (Å²) in [7, 11) is 0. The first kappa shape index (κ1) is 12.6. The van der Waals surface area contributed by atoms with E-state index in [1.54, 1.807) is 4.90 Å². The Kier molecular flexibility index (Phi) is 3.93. The molecule has 1 aromatic carbocycles. The van der Waals surface area contributed by atoms with E-state index in [9.17, 15) is 4.79 Å². The SMILES string of the molecule is C.CC(C)c1ccc2c(c1)OCCN2C=O. The number of carbonyl (C=O) groups is 1. The average molecular weight is 221 g/mol. The van der Waals surface area contributed by atoms with E-state index in [-0.39, 0.29) is 7.43 Å². The summed E-state index contributed by atoms with van der Waals surface area (Å²) in [4.78, 5) is 12.5. The molecule has 3 nitrogen and oxygen atoms in total. The van der Waals surface area contributed by atoms with Crippen LogP contribution in [0.1, 0.15) is 32.8 Å². The molecule has 0 fully saturated rings. The van der Waals surface area contributed by atoms with Crippen LogP contribution in [-0.4, -0.2) is 19.6 Å². The maximum absolute atomic E-state index is 10.8. The van der Waals surface area contributed by atoms with E-state index in [4.69, 9.17) is 4.74 Å². The highest BCUT2D eigenvalue weighted by Crippen LogP contribution is 2.33. The number of fused-ring (bicyclic) bond motifs is 1. The van der Waals surface area contributed by atoms with Crippen LogP contribution in [0.4, 0.5) is 5.69 Å². The molecule has 0 saturated carbocycles. The molecule has 1 aromatic rings. The molecule has 1 heterocycles. The first-order valence-corrected chi connectivity index (χ1v) is 5.21. The van der Waals surface area contributed by atoms with Crippen molar-refractivity contribution in [3.63, 3.8) is 0 Å². The van der Waals surface area contributed by atoms with Gasteiger partial charge in [-0.3, -0.25) is 4.79 Å². The highest BCUT2D eigenvalue weighted by atomic mass is 16.5. The Morgan fingerprint density at radius 3 is 2.81 bits per heavy atom. The summed E-state index contributed by atoms with van der Waals surface area (Å²) < 4.78 is 5.55. The molecule has 2 rings (SSSR count). The molecule has 0 aliphatic carbocycles. The van der Waals surface area contributed by atoms with Gasteiger partial charge in [-0.2, -0.15) is 0 Å². The zero-order chi connectivity index (χ0) is 10.8. The monoisotopic (exact) mass is 221 g/mol. The second-order valence-electron chi connectivity index (χ2n) is 4.03. The normalized spacial score (nSPS) is 13.8. The molecule has 1 aliphatic heterocycles. The minimum absolute atomic E-state index is 0. The Morgan fingerprint density at radius 2 is 2.19 bits per heavy atom. The molecule has 88 valence electrons. The number of benzene rings is 1.